The highest BCUT2D eigenvalue weighted by atomic mass is 16.1. The van der Waals surface area contributed by atoms with Crippen molar-refractivity contribution in [3.63, 3.8) is 0 Å². The zero-order valence-electron chi connectivity index (χ0n) is 24.4. The zero-order chi connectivity index (χ0) is 28.3. The van der Waals surface area contributed by atoms with Crippen LogP contribution in [-0.2, 0) is 4.79 Å². The van der Waals surface area contributed by atoms with E-state index in [0.717, 1.165) is 96.5 Å². The zero-order valence-corrected chi connectivity index (χ0v) is 24.4. The molecule has 6 rings (SSSR count). The average Bonchev–Trinajstić information content (AvgIpc) is 3.41. The van der Waals surface area contributed by atoms with Crippen molar-refractivity contribution < 1.29 is 4.79 Å². The van der Waals surface area contributed by atoms with Crippen molar-refractivity contribution in [3.8, 4) is 11.1 Å². The number of piperidine rings is 1. The highest BCUT2D eigenvalue weighted by molar-refractivity contribution is 5.91. The molecule has 0 bridgehead atoms. The molecule has 1 aliphatic heterocycles. The van der Waals surface area contributed by atoms with Crippen LogP contribution in [0.2, 0.25) is 0 Å². The van der Waals surface area contributed by atoms with Crippen molar-refractivity contribution in [2.24, 2.45) is 11.8 Å². The summed E-state index contributed by atoms with van der Waals surface area (Å²) >= 11 is 0. The molecule has 0 saturated carbocycles. The fraction of sp³-hybridized carbons (Fsp3) is 0.412. The van der Waals surface area contributed by atoms with Gasteiger partial charge in [0, 0.05) is 41.7 Å². The van der Waals surface area contributed by atoms with Gasteiger partial charge in [0.2, 0.25) is 5.91 Å². The number of fused-ring (bicyclic) bond motifs is 3. The SMILES string of the molecule is CCC(CC)NC(=O)C1CCN(CC2C=CC(c3nc4c(cnc5cc(C)nn54)cc3-c3ccccc3)=CC2)CC1. The molecule has 0 radical (unpaired) electrons. The Labute approximate surface area is 242 Å². The maximum Gasteiger partial charge on any atom is 0.223 e. The van der Waals surface area contributed by atoms with Crippen LogP contribution in [0, 0.1) is 18.8 Å². The second-order valence-corrected chi connectivity index (χ2v) is 11.6. The van der Waals surface area contributed by atoms with Crippen molar-refractivity contribution >= 4 is 28.2 Å². The van der Waals surface area contributed by atoms with Gasteiger partial charge >= 0.3 is 0 Å². The molecule has 7 heteroatoms. The maximum atomic E-state index is 12.7. The minimum absolute atomic E-state index is 0.149. The summed E-state index contributed by atoms with van der Waals surface area (Å²) in [5.41, 5.74) is 6.93. The van der Waals surface area contributed by atoms with E-state index in [1.807, 2.05) is 29.8 Å². The van der Waals surface area contributed by atoms with Gasteiger partial charge in [-0.15, -0.1) is 0 Å². The van der Waals surface area contributed by atoms with Gasteiger partial charge < -0.3 is 10.2 Å². The van der Waals surface area contributed by atoms with Crippen LogP contribution >= 0.6 is 0 Å². The lowest BCUT2D eigenvalue weighted by Crippen LogP contribution is -2.44. The number of rotatable bonds is 8. The molecular weight excluding hydrogens is 508 g/mol. The largest absolute Gasteiger partial charge is 0.353 e. The van der Waals surface area contributed by atoms with Gasteiger partial charge in [-0.2, -0.15) is 9.61 Å². The molecule has 1 aromatic carbocycles. The van der Waals surface area contributed by atoms with Gasteiger partial charge in [-0.3, -0.25) is 4.79 Å². The smallest absolute Gasteiger partial charge is 0.223 e. The molecule has 1 saturated heterocycles. The number of pyridine rings is 1. The normalized spacial score (nSPS) is 18.3. The lowest BCUT2D eigenvalue weighted by atomic mass is 9.90. The standard InChI is InChI=1S/C34H40N6O/c1-4-29(5-2)36-34(41)27-15-17-39(18-16-27)22-24-11-13-26(14-12-24)32-30(25-9-7-6-8-10-25)20-28-21-35-31-19-23(3)38-40(31)33(28)37-32/h6-11,13-14,19-21,24,27,29H,4-5,12,15-18,22H2,1-3H3,(H,36,41). The van der Waals surface area contributed by atoms with Crippen molar-refractivity contribution in [1.29, 1.82) is 0 Å². The minimum atomic E-state index is 0.149. The molecule has 212 valence electrons. The molecule has 1 atom stereocenters. The third kappa shape index (κ3) is 5.82. The number of allylic oxidation sites excluding steroid dienone is 3. The van der Waals surface area contributed by atoms with Crippen LogP contribution in [0.1, 0.15) is 57.3 Å². The van der Waals surface area contributed by atoms with Gasteiger partial charge in [-0.25, -0.2) is 9.97 Å². The van der Waals surface area contributed by atoms with E-state index in [0.29, 0.717) is 12.0 Å². The predicted molar refractivity (Wildman–Crippen MR) is 165 cm³/mol. The van der Waals surface area contributed by atoms with Crippen molar-refractivity contribution in [3.05, 3.63) is 78.3 Å². The van der Waals surface area contributed by atoms with E-state index in [9.17, 15) is 4.79 Å². The van der Waals surface area contributed by atoms with E-state index in [1.54, 1.807) is 0 Å². The summed E-state index contributed by atoms with van der Waals surface area (Å²) in [6.45, 7) is 9.26. The number of nitrogens with zero attached hydrogens (tertiary/aromatic N) is 5. The summed E-state index contributed by atoms with van der Waals surface area (Å²) in [4.78, 5) is 25.1. The van der Waals surface area contributed by atoms with Crippen molar-refractivity contribution in [2.75, 3.05) is 19.6 Å². The molecule has 1 amide bonds. The number of likely N-dealkylation sites (tertiary alicyclic amines) is 1. The number of carbonyl (C=O) groups is 1. The summed E-state index contributed by atoms with van der Waals surface area (Å²) in [6.07, 6.45) is 13.7. The van der Waals surface area contributed by atoms with Gasteiger partial charge in [-0.1, -0.05) is 62.4 Å². The summed E-state index contributed by atoms with van der Waals surface area (Å²) in [5, 5.41) is 8.89. The highest BCUT2D eigenvalue weighted by Gasteiger charge is 2.27. The third-order valence-electron chi connectivity index (χ3n) is 8.71. The first-order chi connectivity index (χ1) is 20.0. The van der Waals surface area contributed by atoms with E-state index in [-0.39, 0.29) is 11.8 Å². The number of aryl methyl sites for hydroxylation is 1. The summed E-state index contributed by atoms with van der Waals surface area (Å²) in [6, 6.07) is 15.0. The molecule has 41 heavy (non-hydrogen) atoms. The van der Waals surface area contributed by atoms with E-state index < -0.39 is 0 Å². The Kier molecular flexibility index (Phi) is 7.97. The quantitative estimate of drug-likeness (QED) is 0.283. The van der Waals surface area contributed by atoms with Gasteiger partial charge in [-0.05, 0) is 75.2 Å². The van der Waals surface area contributed by atoms with Crippen LogP contribution in [0.25, 0.3) is 33.4 Å². The number of benzene rings is 1. The average molecular weight is 549 g/mol. The van der Waals surface area contributed by atoms with Crippen LogP contribution in [0.4, 0.5) is 0 Å². The number of amides is 1. The second kappa shape index (κ2) is 12.0. The van der Waals surface area contributed by atoms with Crippen LogP contribution in [0.5, 0.6) is 0 Å². The van der Waals surface area contributed by atoms with Crippen LogP contribution < -0.4 is 5.32 Å². The molecule has 1 aliphatic carbocycles. The molecule has 2 aliphatic rings. The van der Waals surface area contributed by atoms with E-state index in [4.69, 9.17) is 4.98 Å². The number of hydrogen-bond acceptors (Lipinski definition) is 5. The fourth-order valence-electron chi connectivity index (χ4n) is 6.21. The lowest BCUT2D eigenvalue weighted by Gasteiger charge is -2.34. The monoisotopic (exact) mass is 548 g/mol. The molecule has 1 unspecified atom stereocenters. The first-order valence-electron chi connectivity index (χ1n) is 15.2. The van der Waals surface area contributed by atoms with Gasteiger partial charge in [0.15, 0.2) is 11.3 Å². The predicted octanol–water partition coefficient (Wildman–Crippen LogP) is 6.23. The highest BCUT2D eigenvalue weighted by Crippen LogP contribution is 2.34. The van der Waals surface area contributed by atoms with Crippen LogP contribution in [-0.4, -0.2) is 56.1 Å². The van der Waals surface area contributed by atoms with Crippen LogP contribution in [0.15, 0.2) is 66.9 Å². The Hall–Kier alpha value is -3.84. The topological polar surface area (TPSA) is 75.4 Å². The van der Waals surface area contributed by atoms with Crippen molar-refractivity contribution in [1.82, 2.24) is 29.8 Å². The number of carbonyl (C=O) groups excluding carboxylic acids is 1. The van der Waals surface area contributed by atoms with E-state index in [1.165, 1.54) is 0 Å². The minimum Gasteiger partial charge on any atom is -0.353 e. The number of hydrogen-bond donors (Lipinski definition) is 1. The first-order valence-corrected chi connectivity index (χ1v) is 15.2. The lowest BCUT2D eigenvalue weighted by molar-refractivity contribution is -0.127. The Bertz CT molecular complexity index is 1590. The number of nitrogens with one attached hydrogen (secondary N) is 1. The molecule has 1 N–H and O–H groups in total. The van der Waals surface area contributed by atoms with E-state index in [2.05, 4.69) is 82.7 Å². The molecule has 0 spiro atoms. The van der Waals surface area contributed by atoms with E-state index >= 15 is 0 Å². The second-order valence-electron chi connectivity index (χ2n) is 11.6. The molecule has 4 heterocycles. The first kappa shape index (κ1) is 27.3. The number of aromatic nitrogens is 4. The molecule has 1 fully saturated rings. The van der Waals surface area contributed by atoms with Gasteiger partial charge in [0.25, 0.3) is 0 Å². The molecule has 4 aromatic rings. The molecular formula is C34H40N6O. The molecule has 7 nitrogen and oxygen atoms in total. The summed E-state index contributed by atoms with van der Waals surface area (Å²) < 4.78 is 1.85. The summed E-state index contributed by atoms with van der Waals surface area (Å²) in [5.74, 6) is 0.855. The molecule has 3 aromatic heterocycles. The Morgan fingerprint density at radius 2 is 1.88 bits per heavy atom. The fourth-order valence-corrected chi connectivity index (χ4v) is 6.21. The Morgan fingerprint density at radius 1 is 1.10 bits per heavy atom. The van der Waals surface area contributed by atoms with Gasteiger partial charge in [0.1, 0.15) is 0 Å². The third-order valence-corrected chi connectivity index (χ3v) is 8.71. The maximum absolute atomic E-state index is 12.7. The van der Waals surface area contributed by atoms with Crippen LogP contribution in [0.3, 0.4) is 0 Å². The Morgan fingerprint density at radius 3 is 2.59 bits per heavy atom. The van der Waals surface area contributed by atoms with Gasteiger partial charge in [0.05, 0.1) is 11.4 Å². The van der Waals surface area contributed by atoms with Crippen molar-refractivity contribution in [2.45, 2.75) is 58.9 Å². The Balaban J connectivity index is 1.18. The summed E-state index contributed by atoms with van der Waals surface area (Å²) in [7, 11) is 0.